The highest BCUT2D eigenvalue weighted by Gasteiger charge is 2.22. The summed E-state index contributed by atoms with van der Waals surface area (Å²) in [5.41, 5.74) is 10.1. The molecular formula is C6H12N2O4. The van der Waals surface area contributed by atoms with Crippen molar-refractivity contribution >= 4 is 11.9 Å². The molecule has 70 valence electrons. The molecule has 0 fully saturated rings. The van der Waals surface area contributed by atoms with Crippen molar-refractivity contribution in [2.24, 2.45) is 11.5 Å². The molecule has 0 unspecified atom stereocenters. The lowest BCUT2D eigenvalue weighted by Crippen LogP contribution is -2.43. The molecule has 0 bridgehead atoms. The quantitative estimate of drug-likeness (QED) is 0.439. The van der Waals surface area contributed by atoms with Crippen molar-refractivity contribution in [1.82, 2.24) is 0 Å². The van der Waals surface area contributed by atoms with Crippen LogP contribution in [0.3, 0.4) is 0 Å². The number of hydrogen-bond acceptors (Lipinski definition) is 5. The molecule has 0 spiro atoms. The van der Waals surface area contributed by atoms with Crippen molar-refractivity contribution in [3.8, 4) is 0 Å². The third kappa shape index (κ3) is 3.31. The van der Waals surface area contributed by atoms with Crippen LogP contribution in [0.5, 0.6) is 0 Å². The molecule has 0 amide bonds. The lowest BCUT2D eigenvalue weighted by Gasteiger charge is -2.15. The van der Waals surface area contributed by atoms with Gasteiger partial charge in [0.25, 0.3) is 0 Å². The van der Waals surface area contributed by atoms with Crippen LogP contribution in [0.1, 0.15) is 6.92 Å². The molecule has 6 nitrogen and oxygen atoms in total. The molecule has 0 heterocycles. The van der Waals surface area contributed by atoms with E-state index in [9.17, 15) is 9.59 Å². The first kappa shape index (κ1) is 10.9. The Morgan fingerprint density at radius 3 is 2.42 bits per heavy atom. The monoisotopic (exact) mass is 176 g/mol. The fourth-order valence-corrected chi connectivity index (χ4v) is 0.530. The molecule has 0 saturated heterocycles. The molecule has 0 aromatic heterocycles. The molecule has 0 saturated carbocycles. The van der Waals surface area contributed by atoms with Gasteiger partial charge in [0.1, 0.15) is 12.1 Å². The van der Waals surface area contributed by atoms with Crippen molar-refractivity contribution in [3.05, 3.63) is 0 Å². The average Bonchev–Trinajstić information content (AvgIpc) is 2.02. The number of rotatable bonds is 4. The van der Waals surface area contributed by atoms with Crippen LogP contribution in [-0.2, 0) is 14.3 Å². The molecule has 12 heavy (non-hydrogen) atoms. The maximum atomic E-state index is 10.6. The highest BCUT2D eigenvalue weighted by molar-refractivity contribution is 5.76. The predicted octanol–water partition coefficient (Wildman–Crippen LogP) is -1.71. The molecule has 0 aromatic carbocycles. The highest BCUT2D eigenvalue weighted by Crippen LogP contribution is 1.96. The van der Waals surface area contributed by atoms with Gasteiger partial charge in [0.05, 0.1) is 6.54 Å². The first-order chi connectivity index (χ1) is 5.49. The van der Waals surface area contributed by atoms with Crippen molar-refractivity contribution in [1.29, 1.82) is 0 Å². The van der Waals surface area contributed by atoms with E-state index in [1.54, 1.807) is 0 Å². The molecule has 0 rings (SSSR count). The average molecular weight is 176 g/mol. The van der Waals surface area contributed by atoms with E-state index in [0.717, 1.165) is 0 Å². The molecule has 0 radical (unpaired) electrons. The van der Waals surface area contributed by atoms with Gasteiger partial charge in [-0.05, 0) is 6.92 Å². The summed E-state index contributed by atoms with van der Waals surface area (Å²) in [4.78, 5) is 20.8. The third-order valence-electron chi connectivity index (χ3n) is 1.27. The molecule has 0 aliphatic heterocycles. The van der Waals surface area contributed by atoms with Gasteiger partial charge in [-0.25, -0.2) is 0 Å². The highest BCUT2D eigenvalue weighted by atomic mass is 16.5. The van der Waals surface area contributed by atoms with Gasteiger partial charge >= 0.3 is 11.9 Å². The van der Waals surface area contributed by atoms with Crippen molar-refractivity contribution in [2.75, 3.05) is 6.54 Å². The van der Waals surface area contributed by atoms with E-state index in [0.29, 0.717) is 0 Å². The molecule has 2 atom stereocenters. The number of carboxylic acids is 1. The minimum Gasteiger partial charge on any atom is -0.480 e. The second kappa shape index (κ2) is 4.68. The number of nitrogens with two attached hydrogens (primary N) is 2. The number of hydrogen-bond donors (Lipinski definition) is 3. The Labute approximate surface area is 69.5 Å². The number of aliphatic carboxylic acids is 1. The SMILES string of the molecule is C[C@@H](OC(=O)CN)[C@H](N)C(=O)O. The zero-order valence-electron chi connectivity index (χ0n) is 6.69. The number of carboxylic acid groups (broad SMARTS) is 1. The minimum atomic E-state index is -1.22. The van der Waals surface area contributed by atoms with E-state index in [1.165, 1.54) is 6.92 Å². The number of carbonyl (C=O) groups is 2. The maximum absolute atomic E-state index is 10.6. The Morgan fingerprint density at radius 2 is 2.08 bits per heavy atom. The summed E-state index contributed by atoms with van der Waals surface area (Å²) in [5.74, 6) is -1.88. The van der Waals surface area contributed by atoms with Crippen molar-refractivity contribution in [2.45, 2.75) is 19.1 Å². The van der Waals surface area contributed by atoms with Gasteiger partial charge in [-0.15, -0.1) is 0 Å². The Hall–Kier alpha value is -1.14. The van der Waals surface area contributed by atoms with Gasteiger partial charge < -0.3 is 21.3 Å². The lowest BCUT2D eigenvalue weighted by atomic mass is 10.2. The van der Waals surface area contributed by atoms with Crippen molar-refractivity contribution in [3.63, 3.8) is 0 Å². The first-order valence-electron chi connectivity index (χ1n) is 3.37. The topological polar surface area (TPSA) is 116 Å². The van der Waals surface area contributed by atoms with Gasteiger partial charge in [0.2, 0.25) is 0 Å². The van der Waals surface area contributed by atoms with Crippen molar-refractivity contribution < 1.29 is 19.4 Å². The van der Waals surface area contributed by atoms with Crippen LogP contribution in [0, 0.1) is 0 Å². The largest absolute Gasteiger partial charge is 0.480 e. The van der Waals surface area contributed by atoms with E-state index < -0.39 is 24.1 Å². The van der Waals surface area contributed by atoms with E-state index in [4.69, 9.17) is 16.6 Å². The molecule has 5 N–H and O–H groups in total. The van der Waals surface area contributed by atoms with E-state index in [2.05, 4.69) is 4.74 Å². The van der Waals surface area contributed by atoms with Crippen LogP contribution in [0.15, 0.2) is 0 Å². The molecule has 0 aromatic rings. The summed E-state index contributed by atoms with van der Waals surface area (Å²) in [6.07, 6.45) is -0.862. The Morgan fingerprint density at radius 1 is 1.58 bits per heavy atom. The Balaban J connectivity index is 3.94. The number of carbonyl (C=O) groups excluding carboxylic acids is 1. The Bertz CT molecular complexity index is 182. The van der Waals surface area contributed by atoms with Gasteiger partial charge in [0.15, 0.2) is 0 Å². The summed E-state index contributed by atoms with van der Waals surface area (Å²) in [6, 6.07) is -1.21. The van der Waals surface area contributed by atoms with E-state index >= 15 is 0 Å². The second-order valence-corrected chi connectivity index (χ2v) is 2.26. The summed E-state index contributed by atoms with van der Waals surface area (Å²) >= 11 is 0. The normalized spacial score (nSPS) is 14.9. The van der Waals surface area contributed by atoms with Gasteiger partial charge in [0, 0.05) is 0 Å². The lowest BCUT2D eigenvalue weighted by molar-refractivity contribution is -0.152. The van der Waals surface area contributed by atoms with Crippen LogP contribution in [0.25, 0.3) is 0 Å². The van der Waals surface area contributed by atoms with Crippen LogP contribution in [-0.4, -0.2) is 35.7 Å². The van der Waals surface area contributed by atoms with Gasteiger partial charge in [-0.2, -0.15) is 0 Å². The fourth-order valence-electron chi connectivity index (χ4n) is 0.530. The number of ether oxygens (including phenoxy) is 1. The third-order valence-corrected chi connectivity index (χ3v) is 1.27. The Kier molecular flexibility index (Phi) is 4.24. The minimum absolute atomic E-state index is 0.281. The summed E-state index contributed by atoms with van der Waals surface area (Å²) in [5, 5.41) is 8.39. The molecule has 0 aliphatic rings. The fraction of sp³-hybridized carbons (Fsp3) is 0.667. The van der Waals surface area contributed by atoms with Gasteiger partial charge in [-0.3, -0.25) is 9.59 Å². The zero-order chi connectivity index (χ0) is 9.72. The van der Waals surface area contributed by atoms with Crippen LogP contribution < -0.4 is 11.5 Å². The summed E-state index contributed by atoms with van der Waals surface area (Å²) in [7, 11) is 0. The van der Waals surface area contributed by atoms with Crippen LogP contribution in [0.2, 0.25) is 0 Å². The summed E-state index contributed by atoms with van der Waals surface area (Å²) < 4.78 is 4.55. The first-order valence-corrected chi connectivity index (χ1v) is 3.37. The molecular weight excluding hydrogens is 164 g/mol. The maximum Gasteiger partial charge on any atom is 0.324 e. The standard InChI is InChI=1S/C6H12N2O4/c1-3(5(8)6(10)11)12-4(9)2-7/h3,5H,2,7-8H2,1H3,(H,10,11)/t3-,5+/m1/s1. The van der Waals surface area contributed by atoms with Crippen LogP contribution in [0.4, 0.5) is 0 Å². The molecule has 0 aliphatic carbocycles. The summed E-state index contributed by atoms with van der Waals surface area (Å²) in [6.45, 7) is 1.11. The second-order valence-electron chi connectivity index (χ2n) is 2.26. The van der Waals surface area contributed by atoms with E-state index in [-0.39, 0.29) is 6.54 Å². The van der Waals surface area contributed by atoms with Gasteiger partial charge in [-0.1, -0.05) is 0 Å². The van der Waals surface area contributed by atoms with E-state index in [1.807, 2.05) is 0 Å². The zero-order valence-corrected chi connectivity index (χ0v) is 6.69. The predicted molar refractivity (Wildman–Crippen MR) is 40.2 cm³/mol. The van der Waals surface area contributed by atoms with Crippen LogP contribution >= 0.6 is 0 Å². The molecule has 6 heteroatoms. The number of esters is 1. The smallest absolute Gasteiger partial charge is 0.324 e.